The lowest BCUT2D eigenvalue weighted by atomic mass is 9.98. The summed E-state index contributed by atoms with van der Waals surface area (Å²) in [5.74, 6) is 0. The molecule has 1 aromatic rings. The Morgan fingerprint density at radius 2 is 2.17 bits per heavy atom. The van der Waals surface area contributed by atoms with Crippen LogP contribution in [0.1, 0.15) is 31.5 Å². The van der Waals surface area contributed by atoms with Crippen molar-refractivity contribution < 1.29 is 0 Å². The van der Waals surface area contributed by atoms with Crippen molar-refractivity contribution in [1.82, 2.24) is 10.3 Å². The van der Waals surface area contributed by atoms with Crippen molar-refractivity contribution in [2.45, 2.75) is 32.7 Å². The molecule has 68 valence electrons. The van der Waals surface area contributed by atoms with Crippen LogP contribution in [0, 0.1) is 0 Å². The van der Waals surface area contributed by atoms with Gasteiger partial charge in [-0.2, -0.15) is 0 Å². The summed E-state index contributed by atoms with van der Waals surface area (Å²) < 4.78 is 0. The lowest BCUT2D eigenvalue weighted by molar-refractivity contribution is 0.581. The van der Waals surface area contributed by atoms with Crippen molar-refractivity contribution in [3.63, 3.8) is 0 Å². The Morgan fingerprint density at radius 1 is 1.50 bits per heavy atom. The molecule has 0 bridgehead atoms. The molecule has 1 N–H and O–H groups in total. The van der Waals surface area contributed by atoms with Gasteiger partial charge in [-0.25, -0.2) is 4.98 Å². The average Bonchev–Trinajstić information content (AvgIpc) is 2.35. The Kier molecular flexibility index (Phi) is 2.85. The standard InChI is InChI=1S/C9H16N2S/c1-9(2,3)8-11-7(5-10-4)6-12-8/h6,10H,5H2,1-4H3. The van der Waals surface area contributed by atoms with Gasteiger partial charge in [0.2, 0.25) is 0 Å². The van der Waals surface area contributed by atoms with E-state index in [-0.39, 0.29) is 5.41 Å². The molecule has 0 aromatic carbocycles. The molecule has 0 atom stereocenters. The normalized spacial score (nSPS) is 12.0. The van der Waals surface area contributed by atoms with Crippen LogP contribution in [0.2, 0.25) is 0 Å². The molecular weight excluding hydrogens is 168 g/mol. The van der Waals surface area contributed by atoms with Crippen LogP contribution in [-0.2, 0) is 12.0 Å². The maximum Gasteiger partial charge on any atom is 0.0982 e. The molecule has 0 amide bonds. The van der Waals surface area contributed by atoms with E-state index in [0.717, 1.165) is 12.2 Å². The number of nitrogens with zero attached hydrogens (tertiary/aromatic N) is 1. The van der Waals surface area contributed by atoms with Crippen LogP contribution < -0.4 is 5.32 Å². The summed E-state index contributed by atoms with van der Waals surface area (Å²) in [6.07, 6.45) is 0. The first-order chi connectivity index (χ1) is 5.54. The summed E-state index contributed by atoms with van der Waals surface area (Å²) >= 11 is 1.75. The second-order valence-electron chi connectivity index (χ2n) is 3.92. The summed E-state index contributed by atoms with van der Waals surface area (Å²) in [6, 6.07) is 0. The summed E-state index contributed by atoms with van der Waals surface area (Å²) in [7, 11) is 1.94. The molecule has 3 heteroatoms. The maximum atomic E-state index is 4.53. The van der Waals surface area contributed by atoms with E-state index in [0.29, 0.717) is 0 Å². The van der Waals surface area contributed by atoms with Crippen LogP contribution >= 0.6 is 11.3 Å². The lowest BCUT2D eigenvalue weighted by Gasteiger charge is -2.13. The highest BCUT2D eigenvalue weighted by atomic mass is 32.1. The molecule has 0 aliphatic rings. The molecule has 12 heavy (non-hydrogen) atoms. The summed E-state index contributed by atoms with van der Waals surface area (Å²) in [4.78, 5) is 4.53. The third-order valence-electron chi connectivity index (χ3n) is 1.55. The maximum absolute atomic E-state index is 4.53. The molecule has 0 aliphatic carbocycles. The van der Waals surface area contributed by atoms with Gasteiger partial charge < -0.3 is 5.32 Å². The molecule has 0 saturated carbocycles. The van der Waals surface area contributed by atoms with Crippen LogP contribution in [0.25, 0.3) is 0 Å². The van der Waals surface area contributed by atoms with Crippen LogP contribution in [-0.4, -0.2) is 12.0 Å². The van der Waals surface area contributed by atoms with E-state index in [1.54, 1.807) is 11.3 Å². The van der Waals surface area contributed by atoms with E-state index < -0.39 is 0 Å². The molecule has 1 aromatic heterocycles. The first-order valence-electron chi connectivity index (χ1n) is 4.13. The van der Waals surface area contributed by atoms with Crippen molar-refractivity contribution in [3.05, 3.63) is 16.1 Å². The van der Waals surface area contributed by atoms with Crippen molar-refractivity contribution in [2.75, 3.05) is 7.05 Å². The predicted octanol–water partition coefficient (Wildman–Crippen LogP) is 2.16. The summed E-state index contributed by atoms with van der Waals surface area (Å²) in [5.41, 5.74) is 1.34. The number of aromatic nitrogens is 1. The number of thiazole rings is 1. The number of hydrogen-bond donors (Lipinski definition) is 1. The van der Waals surface area contributed by atoms with Crippen molar-refractivity contribution in [3.8, 4) is 0 Å². The molecule has 1 heterocycles. The topological polar surface area (TPSA) is 24.9 Å². The van der Waals surface area contributed by atoms with Crippen molar-refractivity contribution in [2.24, 2.45) is 0 Å². The van der Waals surface area contributed by atoms with Gasteiger partial charge in [0.15, 0.2) is 0 Å². The fourth-order valence-corrected chi connectivity index (χ4v) is 1.82. The minimum atomic E-state index is 0.191. The van der Waals surface area contributed by atoms with Gasteiger partial charge in [-0.15, -0.1) is 11.3 Å². The highest BCUT2D eigenvalue weighted by molar-refractivity contribution is 7.09. The Balaban J connectivity index is 2.77. The van der Waals surface area contributed by atoms with Crippen LogP contribution in [0.5, 0.6) is 0 Å². The van der Waals surface area contributed by atoms with Gasteiger partial charge in [0.05, 0.1) is 10.7 Å². The van der Waals surface area contributed by atoms with Crippen molar-refractivity contribution in [1.29, 1.82) is 0 Å². The number of rotatable bonds is 2. The Hall–Kier alpha value is -0.410. The molecule has 2 nitrogen and oxygen atoms in total. The fourth-order valence-electron chi connectivity index (χ4n) is 0.914. The minimum Gasteiger partial charge on any atom is -0.314 e. The quantitative estimate of drug-likeness (QED) is 0.762. The predicted molar refractivity (Wildman–Crippen MR) is 53.6 cm³/mol. The molecule has 0 radical (unpaired) electrons. The van der Waals surface area contributed by atoms with Gasteiger partial charge >= 0.3 is 0 Å². The lowest BCUT2D eigenvalue weighted by Crippen LogP contribution is -2.11. The second kappa shape index (κ2) is 3.54. The van der Waals surface area contributed by atoms with Crippen LogP contribution in [0.4, 0.5) is 0 Å². The largest absolute Gasteiger partial charge is 0.314 e. The molecule has 0 saturated heterocycles. The average molecular weight is 184 g/mol. The van der Waals surface area contributed by atoms with Gasteiger partial charge in [0.1, 0.15) is 0 Å². The minimum absolute atomic E-state index is 0.191. The van der Waals surface area contributed by atoms with Crippen LogP contribution in [0.15, 0.2) is 5.38 Å². The van der Waals surface area contributed by atoms with E-state index in [2.05, 4.69) is 36.5 Å². The molecule has 0 unspecified atom stereocenters. The summed E-state index contributed by atoms with van der Waals surface area (Å²) in [6.45, 7) is 7.44. The fraction of sp³-hybridized carbons (Fsp3) is 0.667. The first-order valence-corrected chi connectivity index (χ1v) is 5.01. The molecular formula is C9H16N2S. The van der Waals surface area contributed by atoms with Crippen LogP contribution in [0.3, 0.4) is 0 Å². The van der Waals surface area contributed by atoms with Gasteiger partial charge in [-0.1, -0.05) is 20.8 Å². The molecule has 1 rings (SSSR count). The third kappa shape index (κ3) is 2.29. The van der Waals surface area contributed by atoms with E-state index in [1.165, 1.54) is 5.01 Å². The number of hydrogen-bond acceptors (Lipinski definition) is 3. The zero-order chi connectivity index (χ0) is 9.19. The Morgan fingerprint density at radius 3 is 2.58 bits per heavy atom. The van der Waals surface area contributed by atoms with E-state index >= 15 is 0 Å². The third-order valence-corrected chi connectivity index (χ3v) is 2.87. The van der Waals surface area contributed by atoms with Gasteiger partial charge in [0, 0.05) is 17.3 Å². The smallest absolute Gasteiger partial charge is 0.0982 e. The first kappa shape index (κ1) is 9.68. The van der Waals surface area contributed by atoms with Gasteiger partial charge in [-0.05, 0) is 7.05 Å². The molecule has 0 spiro atoms. The zero-order valence-electron chi connectivity index (χ0n) is 8.14. The SMILES string of the molecule is CNCc1csc(C(C)(C)C)n1. The zero-order valence-corrected chi connectivity index (χ0v) is 8.96. The second-order valence-corrected chi connectivity index (χ2v) is 4.78. The van der Waals surface area contributed by atoms with Gasteiger partial charge in [0.25, 0.3) is 0 Å². The Bertz CT molecular complexity index is 247. The highest BCUT2D eigenvalue weighted by Crippen LogP contribution is 2.25. The summed E-state index contributed by atoms with van der Waals surface area (Å²) in [5, 5.41) is 6.43. The van der Waals surface area contributed by atoms with Crippen molar-refractivity contribution >= 4 is 11.3 Å². The molecule has 0 aliphatic heterocycles. The number of nitrogens with one attached hydrogen (secondary N) is 1. The van der Waals surface area contributed by atoms with E-state index in [4.69, 9.17) is 0 Å². The molecule has 0 fully saturated rings. The highest BCUT2D eigenvalue weighted by Gasteiger charge is 2.17. The monoisotopic (exact) mass is 184 g/mol. The van der Waals surface area contributed by atoms with E-state index in [9.17, 15) is 0 Å². The van der Waals surface area contributed by atoms with E-state index in [1.807, 2.05) is 7.05 Å². The Labute approximate surface area is 78.0 Å². The van der Waals surface area contributed by atoms with Gasteiger partial charge in [-0.3, -0.25) is 0 Å².